The van der Waals surface area contributed by atoms with Crippen molar-refractivity contribution in [1.82, 2.24) is 4.31 Å². The molecule has 0 aliphatic carbocycles. The van der Waals surface area contributed by atoms with E-state index >= 15 is 0 Å². The topological polar surface area (TPSA) is 118 Å². The third kappa shape index (κ3) is 5.56. The standard InChI is InChI=1S/C28H29N3O6S/c1-4-31(5-2)38(34,35)22-16-10-19(11-17-22)24(32)18-29-26-23-8-6-7-9-25(23)37-27(26)28(33)30-20-12-14-21(36-3)15-13-20/h6-17,29H,4-5,18H2,1-3H3,(H,30,33). The number of hydrogen-bond donors (Lipinski definition) is 2. The number of rotatable bonds is 11. The molecule has 0 saturated carbocycles. The van der Waals surface area contributed by atoms with Gasteiger partial charge < -0.3 is 19.8 Å². The Labute approximate surface area is 221 Å². The van der Waals surface area contributed by atoms with Crippen molar-refractivity contribution in [1.29, 1.82) is 0 Å². The molecular weight excluding hydrogens is 506 g/mol. The zero-order chi connectivity index (χ0) is 27.3. The number of carbonyl (C=O) groups is 2. The lowest BCUT2D eigenvalue weighted by atomic mass is 10.1. The van der Waals surface area contributed by atoms with Gasteiger partial charge in [0.25, 0.3) is 5.91 Å². The van der Waals surface area contributed by atoms with Crippen LogP contribution in [0.4, 0.5) is 11.4 Å². The summed E-state index contributed by atoms with van der Waals surface area (Å²) in [6.45, 7) is 4.13. The molecule has 0 spiro atoms. The molecule has 4 rings (SSSR count). The first-order valence-corrected chi connectivity index (χ1v) is 13.6. The van der Waals surface area contributed by atoms with Gasteiger partial charge in [-0.1, -0.05) is 26.0 Å². The van der Waals surface area contributed by atoms with Gasteiger partial charge in [0.2, 0.25) is 15.8 Å². The van der Waals surface area contributed by atoms with Crippen molar-refractivity contribution < 1.29 is 27.2 Å². The van der Waals surface area contributed by atoms with E-state index in [1.165, 1.54) is 28.6 Å². The summed E-state index contributed by atoms with van der Waals surface area (Å²) in [6.07, 6.45) is 0. The first-order chi connectivity index (χ1) is 18.3. The van der Waals surface area contributed by atoms with Gasteiger partial charge in [0.05, 0.1) is 24.2 Å². The number of methoxy groups -OCH3 is 1. The highest BCUT2D eigenvalue weighted by Gasteiger charge is 2.23. The molecule has 9 nitrogen and oxygen atoms in total. The molecule has 198 valence electrons. The molecule has 0 saturated heterocycles. The Balaban J connectivity index is 1.53. The number of hydrogen-bond acceptors (Lipinski definition) is 7. The van der Waals surface area contributed by atoms with Crippen molar-refractivity contribution in [3.05, 3.63) is 84.1 Å². The third-order valence-electron chi connectivity index (χ3n) is 6.09. The van der Waals surface area contributed by atoms with Gasteiger partial charge in [-0.3, -0.25) is 9.59 Å². The van der Waals surface area contributed by atoms with Crippen molar-refractivity contribution in [2.45, 2.75) is 18.7 Å². The Morgan fingerprint density at radius 1 is 0.921 bits per heavy atom. The van der Waals surface area contributed by atoms with Gasteiger partial charge in [-0.25, -0.2) is 8.42 Å². The predicted octanol–water partition coefficient (Wildman–Crippen LogP) is 5.02. The van der Waals surface area contributed by atoms with Crippen LogP contribution in [-0.4, -0.2) is 51.2 Å². The second kappa shape index (κ2) is 11.5. The minimum Gasteiger partial charge on any atom is -0.497 e. The average Bonchev–Trinajstić information content (AvgIpc) is 3.31. The summed E-state index contributed by atoms with van der Waals surface area (Å²) in [5.41, 5.74) is 1.78. The van der Waals surface area contributed by atoms with Crippen LogP contribution < -0.4 is 15.4 Å². The van der Waals surface area contributed by atoms with E-state index in [1.807, 2.05) is 6.07 Å². The number of para-hydroxylation sites is 1. The first-order valence-electron chi connectivity index (χ1n) is 12.1. The lowest BCUT2D eigenvalue weighted by Gasteiger charge is -2.18. The first kappa shape index (κ1) is 26.9. The number of fused-ring (bicyclic) bond motifs is 1. The van der Waals surface area contributed by atoms with Crippen LogP contribution in [0.15, 0.2) is 82.1 Å². The number of nitrogens with one attached hydrogen (secondary N) is 2. The minimum absolute atomic E-state index is 0.0375. The second-order valence-electron chi connectivity index (χ2n) is 8.38. The van der Waals surface area contributed by atoms with E-state index in [2.05, 4.69) is 10.6 Å². The molecule has 0 aliphatic heterocycles. The van der Waals surface area contributed by atoms with E-state index in [-0.39, 0.29) is 23.0 Å². The number of anilines is 2. The Morgan fingerprint density at radius 2 is 1.58 bits per heavy atom. The maximum Gasteiger partial charge on any atom is 0.293 e. The van der Waals surface area contributed by atoms with Crippen LogP contribution in [-0.2, 0) is 10.0 Å². The van der Waals surface area contributed by atoms with E-state index in [9.17, 15) is 18.0 Å². The monoisotopic (exact) mass is 535 g/mol. The Bertz CT molecular complexity index is 1540. The molecule has 10 heteroatoms. The zero-order valence-corrected chi connectivity index (χ0v) is 22.2. The van der Waals surface area contributed by atoms with Gasteiger partial charge >= 0.3 is 0 Å². The number of ketones is 1. The van der Waals surface area contributed by atoms with E-state index < -0.39 is 15.9 Å². The molecule has 0 aliphatic rings. The van der Waals surface area contributed by atoms with Crippen LogP contribution >= 0.6 is 0 Å². The second-order valence-corrected chi connectivity index (χ2v) is 10.3. The lowest BCUT2D eigenvalue weighted by molar-refractivity contribution is 0.0991. The van der Waals surface area contributed by atoms with Gasteiger partial charge in [-0.05, 0) is 60.7 Å². The fraction of sp³-hybridized carbons (Fsp3) is 0.214. The van der Waals surface area contributed by atoms with Crippen LogP contribution in [0.5, 0.6) is 5.75 Å². The number of nitrogens with zero attached hydrogens (tertiary/aromatic N) is 1. The number of furan rings is 1. The van der Waals surface area contributed by atoms with Crippen LogP contribution in [0.2, 0.25) is 0 Å². The van der Waals surface area contributed by atoms with Gasteiger partial charge in [-0.15, -0.1) is 0 Å². The normalized spacial score (nSPS) is 11.5. The highest BCUT2D eigenvalue weighted by Crippen LogP contribution is 2.31. The van der Waals surface area contributed by atoms with Crippen LogP contribution in [0, 0.1) is 0 Å². The average molecular weight is 536 g/mol. The quantitative estimate of drug-likeness (QED) is 0.259. The molecule has 0 atom stereocenters. The number of Topliss-reactive ketones (excluding diaryl/α,β-unsaturated/α-hetero) is 1. The van der Waals surface area contributed by atoms with Gasteiger partial charge in [0.15, 0.2) is 5.78 Å². The van der Waals surface area contributed by atoms with Gasteiger partial charge in [0.1, 0.15) is 11.3 Å². The highest BCUT2D eigenvalue weighted by molar-refractivity contribution is 7.89. The maximum atomic E-state index is 13.1. The molecule has 0 fully saturated rings. The number of sulfonamides is 1. The molecule has 0 unspecified atom stereocenters. The zero-order valence-electron chi connectivity index (χ0n) is 21.4. The maximum absolute atomic E-state index is 13.1. The SMILES string of the molecule is CCN(CC)S(=O)(=O)c1ccc(C(=O)CNc2c(C(=O)Nc3ccc(OC)cc3)oc3ccccc23)cc1. The molecule has 1 heterocycles. The summed E-state index contributed by atoms with van der Waals surface area (Å²) in [5.74, 6) is -0.0577. The van der Waals surface area contributed by atoms with E-state index in [0.717, 1.165) is 0 Å². The Morgan fingerprint density at radius 3 is 2.21 bits per heavy atom. The molecule has 1 amide bonds. The van der Waals surface area contributed by atoms with Crippen LogP contribution in [0.3, 0.4) is 0 Å². The minimum atomic E-state index is -3.62. The Kier molecular flexibility index (Phi) is 8.13. The smallest absolute Gasteiger partial charge is 0.293 e. The summed E-state index contributed by atoms with van der Waals surface area (Å²) in [4.78, 5) is 26.2. The number of carbonyl (C=O) groups excluding carboxylic acids is 2. The molecule has 3 aromatic carbocycles. The molecule has 2 N–H and O–H groups in total. The molecule has 4 aromatic rings. The summed E-state index contributed by atoms with van der Waals surface area (Å²) in [5, 5.41) is 6.50. The number of ether oxygens (including phenoxy) is 1. The molecule has 38 heavy (non-hydrogen) atoms. The Hall–Kier alpha value is -4.15. The lowest BCUT2D eigenvalue weighted by Crippen LogP contribution is -2.30. The van der Waals surface area contributed by atoms with Gasteiger partial charge in [0, 0.05) is 29.7 Å². The fourth-order valence-corrected chi connectivity index (χ4v) is 5.50. The van der Waals surface area contributed by atoms with E-state index in [4.69, 9.17) is 9.15 Å². The molecule has 1 aromatic heterocycles. The number of benzene rings is 3. The largest absolute Gasteiger partial charge is 0.497 e. The summed E-state index contributed by atoms with van der Waals surface area (Å²) < 4.78 is 37.8. The molecule has 0 bridgehead atoms. The molecular formula is C28H29N3O6S. The van der Waals surface area contributed by atoms with Crippen molar-refractivity contribution in [2.24, 2.45) is 0 Å². The fourth-order valence-electron chi connectivity index (χ4n) is 4.04. The summed E-state index contributed by atoms with van der Waals surface area (Å²) >= 11 is 0. The van der Waals surface area contributed by atoms with Crippen molar-refractivity contribution >= 4 is 44.1 Å². The van der Waals surface area contributed by atoms with Gasteiger partial charge in [-0.2, -0.15) is 4.31 Å². The van der Waals surface area contributed by atoms with E-state index in [0.29, 0.717) is 46.7 Å². The summed E-state index contributed by atoms with van der Waals surface area (Å²) in [6, 6.07) is 19.9. The van der Waals surface area contributed by atoms with Crippen molar-refractivity contribution in [2.75, 3.05) is 37.4 Å². The third-order valence-corrected chi connectivity index (χ3v) is 8.16. The van der Waals surface area contributed by atoms with E-state index in [1.54, 1.807) is 63.4 Å². The van der Waals surface area contributed by atoms with Crippen molar-refractivity contribution in [3.8, 4) is 5.75 Å². The highest BCUT2D eigenvalue weighted by atomic mass is 32.2. The van der Waals surface area contributed by atoms with Crippen LogP contribution in [0.1, 0.15) is 34.8 Å². The van der Waals surface area contributed by atoms with Crippen LogP contribution in [0.25, 0.3) is 11.0 Å². The number of amides is 1. The van der Waals surface area contributed by atoms with Crippen molar-refractivity contribution in [3.63, 3.8) is 0 Å². The summed E-state index contributed by atoms with van der Waals surface area (Å²) in [7, 11) is -2.06. The molecule has 0 radical (unpaired) electrons. The predicted molar refractivity (Wildman–Crippen MR) is 147 cm³/mol.